The maximum absolute atomic E-state index is 12.2. The van der Waals surface area contributed by atoms with E-state index in [1.54, 1.807) is 16.7 Å². The average Bonchev–Trinajstić information content (AvgIpc) is 2.87. The molecule has 118 valence electrons. The maximum Gasteiger partial charge on any atom is 0.240 e. The number of hydrogen-bond acceptors (Lipinski definition) is 3. The molecular weight excluding hydrogens is 320 g/mol. The van der Waals surface area contributed by atoms with Gasteiger partial charge >= 0.3 is 0 Å². The molecule has 1 aromatic heterocycles. The second-order valence-electron chi connectivity index (χ2n) is 5.03. The molecule has 0 saturated heterocycles. The Hall–Kier alpha value is -1.66. The second kappa shape index (κ2) is 7.56. The van der Waals surface area contributed by atoms with E-state index in [0.29, 0.717) is 15.6 Å². The Morgan fingerprint density at radius 2 is 2.00 bits per heavy atom. The van der Waals surface area contributed by atoms with Gasteiger partial charge in [0.15, 0.2) is 10.6 Å². The zero-order valence-electron chi connectivity index (χ0n) is 12.6. The molecule has 0 radical (unpaired) electrons. The van der Waals surface area contributed by atoms with Crippen molar-refractivity contribution in [2.45, 2.75) is 39.3 Å². The number of aromatic nitrogens is 3. The zero-order chi connectivity index (χ0) is 16.1. The highest BCUT2D eigenvalue weighted by Crippen LogP contribution is 2.19. The van der Waals surface area contributed by atoms with Crippen molar-refractivity contribution in [1.29, 1.82) is 0 Å². The summed E-state index contributed by atoms with van der Waals surface area (Å²) >= 11 is 11.1. The van der Waals surface area contributed by atoms with Gasteiger partial charge in [-0.2, -0.15) is 5.10 Å². The van der Waals surface area contributed by atoms with Crippen LogP contribution in [0.15, 0.2) is 24.3 Å². The monoisotopic (exact) mass is 338 g/mol. The number of H-pyrrole nitrogens is 1. The fourth-order valence-electron chi connectivity index (χ4n) is 2.19. The summed E-state index contributed by atoms with van der Waals surface area (Å²) in [6, 6.07) is 7.45. The Bertz CT molecular complexity index is 688. The van der Waals surface area contributed by atoms with Gasteiger partial charge in [-0.05, 0) is 49.3 Å². The highest BCUT2D eigenvalue weighted by molar-refractivity contribution is 7.71. The molecule has 1 amide bonds. The molecule has 0 spiro atoms. The smallest absolute Gasteiger partial charge is 0.240 e. The third-order valence-corrected chi connectivity index (χ3v) is 4.08. The van der Waals surface area contributed by atoms with Gasteiger partial charge in [-0.25, -0.2) is 0 Å². The first kappa shape index (κ1) is 16.7. The normalized spacial score (nSPS) is 10.9. The minimum absolute atomic E-state index is 0.0681. The van der Waals surface area contributed by atoms with Crippen molar-refractivity contribution in [3.05, 3.63) is 34.1 Å². The lowest BCUT2D eigenvalue weighted by Crippen LogP contribution is -2.36. The van der Waals surface area contributed by atoms with Crippen LogP contribution in [0.2, 0.25) is 5.02 Å². The van der Waals surface area contributed by atoms with Crippen molar-refractivity contribution in [2.24, 2.45) is 0 Å². The van der Waals surface area contributed by atoms with Crippen LogP contribution >= 0.6 is 23.8 Å². The number of carbonyl (C=O) groups is 1. The fraction of sp³-hybridized carbons (Fsp3) is 0.400. The molecule has 0 saturated carbocycles. The molecule has 1 aromatic carbocycles. The van der Waals surface area contributed by atoms with Crippen LogP contribution in [0, 0.1) is 4.77 Å². The lowest BCUT2D eigenvalue weighted by Gasteiger charge is -2.15. The first-order valence-corrected chi connectivity index (χ1v) is 8.04. The van der Waals surface area contributed by atoms with E-state index in [2.05, 4.69) is 29.4 Å². The molecule has 0 unspecified atom stereocenters. The minimum Gasteiger partial charge on any atom is -0.352 e. The van der Waals surface area contributed by atoms with Crippen molar-refractivity contribution in [1.82, 2.24) is 20.1 Å². The molecule has 0 atom stereocenters. The van der Waals surface area contributed by atoms with Gasteiger partial charge in [0.25, 0.3) is 0 Å². The summed E-state index contributed by atoms with van der Waals surface area (Å²) in [5.74, 6) is 0.558. The second-order valence-corrected chi connectivity index (χ2v) is 5.85. The number of nitrogens with one attached hydrogen (secondary N) is 2. The van der Waals surface area contributed by atoms with Crippen LogP contribution in [0.1, 0.15) is 26.7 Å². The number of rotatable bonds is 6. The van der Waals surface area contributed by atoms with Crippen LogP contribution in [0.3, 0.4) is 0 Å². The molecule has 2 rings (SSSR count). The summed E-state index contributed by atoms with van der Waals surface area (Å²) in [7, 11) is 0. The minimum atomic E-state index is -0.0681. The van der Waals surface area contributed by atoms with E-state index in [4.69, 9.17) is 23.8 Å². The van der Waals surface area contributed by atoms with E-state index in [0.717, 1.165) is 18.4 Å². The van der Waals surface area contributed by atoms with Gasteiger partial charge < -0.3 is 5.32 Å². The largest absolute Gasteiger partial charge is 0.352 e. The van der Waals surface area contributed by atoms with E-state index in [-0.39, 0.29) is 18.5 Å². The SMILES string of the molecule is CCC(CC)NC(=O)Cn1c(-c2ccc(Cl)cc2)n[nH]c1=S. The van der Waals surface area contributed by atoms with Gasteiger partial charge in [0.1, 0.15) is 6.54 Å². The number of carbonyl (C=O) groups excluding carboxylic acids is 1. The lowest BCUT2D eigenvalue weighted by atomic mass is 10.2. The summed E-state index contributed by atoms with van der Waals surface area (Å²) in [6.45, 7) is 4.25. The quantitative estimate of drug-likeness (QED) is 0.791. The Balaban J connectivity index is 2.21. The van der Waals surface area contributed by atoms with Gasteiger partial charge in [-0.3, -0.25) is 14.5 Å². The molecule has 0 aliphatic heterocycles. The number of benzene rings is 1. The maximum atomic E-state index is 12.2. The van der Waals surface area contributed by atoms with E-state index in [1.807, 2.05) is 12.1 Å². The Labute approximate surface area is 139 Å². The van der Waals surface area contributed by atoms with Crippen molar-refractivity contribution in [2.75, 3.05) is 0 Å². The number of aromatic amines is 1. The number of halogens is 1. The van der Waals surface area contributed by atoms with Gasteiger partial charge in [0.2, 0.25) is 5.91 Å². The molecule has 0 aliphatic carbocycles. The summed E-state index contributed by atoms with van der Waals surface area (Å²) < 4.78 is 2.11. The first-order valence-electron chi connectivity index (χ1n) is 7.25. The van der Waals surface area contributed by atoms with Crippen molar-refractivity contribution in [3.63, 3.8) is 0 Å². The number of nitrogens with zero attached hydrogens (tertiary/aromatic N) is 2. The van der Waals surface area contributed by atoms with Gasteiger partial charge in [0, 0.05) is 16.6 Å². The number of hydrogen-bond donors (Lipinski definition) is 2. The van der Waals surface area contributed by atoms with Crippen LogP contribution in [0.4, 0.5) is 0 Å². The highest BCUT2D eigenvalue weighted by atomic mass is 35.5. The summed E-state index contributed by atoms with van der Waals surface area (Å²) in [5.41, 5.74) is 0.854. The van der Waals surface area contributed by atoms with Crippen LogP contribution in [0.25, 0.3) is 11.4 Å². The van der Waals surface area contributed by atoms with Crippen LogP contribution in [-0.4, -0.2) is 26.7 Å². The Morgan fingerprint density at radius 1 is 1.36 bits per heavy atom. The third-order valence-electron chi connectivity index (χ3n) is 3.51. The fourth-order valence-corrected chi connectivity index (χ4v) is 2.52. The highest BCUT2D eigenvalue weighted by Gasteiger charge is 2.14. The van der Waals surface area contributed by atoms with Crippen LogP contribution in [0.5, 0.6) is 0 Å². The molecule has 2 aromatic rings. The van der Waals surface area contributed by atoms with Gasteiger partial charge in [-0.15, -0.1) is 0 Å². The zero-order valence-corrected chi connectivity index (χ0v) is 14.2. The first-order chi connectivity index (χ1) is 10.5. The van der Waals surface area contributed by atoms with Gasteiger partial charge in [-0.1, -0.05) is 25.4 Å². The van der Waals surface area contributed by atoms with Crippen molar-refractivity contribution < 1.29 is 4.79 Å². The summed E-state index contributed by atoms with van der Waals surface area (Å²) in [6.07, 6.45) is 1.81. The van der Waals surface area contributed by atoms with Crippen LogP contribution < -0.4 is 5.32 Å². The molecular formula is C15H19ClN4OS. The molecule has 0 fully saturated rings. The predicted octanol–water partition coefficient (Wildman–Crippen LogP) is 3.57. The molecule has 22 heavy (non-hydrogen) atoms. The average molecular weight is 339 g/mol. The molecule has 0 aliphatic rings. The Kier molecular flexibility index (Phi) is 5.74. The molecule has 1 heterocycles. The standard InChI is InChI=1S/C15H19ClN4OS/c1-3-12(4-2)17-13(21)9-20-14(18-19-15(20)22)10-5-7-11(16)8-6-10/h5-8,12H,3-4,9H2,1-2H3,(H,17,21)(H,19,22). The Morgan fingerprint density at radius 3 is 2.59 bits per heavy atom. The van der Waals surface area contributed by atoms with Gasteiger partial charge in [0.05, 0.1) is 0 Å². The lowest BCUT2D eigenvalue weighted by molar-refractivity contribution is -0.122. The van der Waals surface area contributed by atoms with Crippen LogP contribution in [-0.2, 0) is 11.3 Å². The van der Waals surface area contributed by atoms with Crippen molar-refractivity contribution in [3.8, 4) is 11.4 Å². The van der Waals surface area contributed by atoms with Crippen molar-refractivity contribution >= 4 is 29.7 Å². The molecule has 2 N–H and O–H groups in total. The third kappa shape index (κ3) is 3.96. The molecule has 7 heteroatoms. The van der Waals surface area contributed by atoms with E-state index in [9.17, 15) is 4.79 Å². The number of amides is 1. The molecule has 5 nitrogen and oxygen atoms in total. The summed E-state index contributed by atoms with van der Waals surface area (Å²) in [5, 5.41) is 10.6. The van der Waals surface area contributed by atoms with E-state index in [1.165, 1.54) is 0 Å². The van der Waals surface area contributed by atoms with E-state index < -0.39 is 0 Å². The molecule has 0 bridgehead atoms. The predicted molar refractivity (Wildman–Crippen MR) is 90.4 cm³/mol. The topological polar surface area (TPSA) is 62.7 Å². The van der Waals surface area contributed by atoms with E-state index >= 15 is 0 Å². The summed E-state index contributed by atoms with van der Waals surface area (Å²) in [4.78, 5) is 12.2.